The zero-order chi connectivity index (χ0) is 17.3. The van der Waals surface area contributed by atoms with Gasteiger partial charge in [0, 0.05) is 19.8 Å². The highest BCUT2D eigenvalue weighted by atomic mass is 19.1. The molecule has 0 aliphatic carbocycles. The molecule has 0 heterocycles. The van der Waals surface area contributed by atoms with E-state index in [-0.39, 0.29) is 12.4 Å². The molecule has 2 nitrogen and oxygen atoms in total. The van der Waals surface area contributed by atoms with Crippen LogP contribution in [0.25, 0.3) is 0 Å². The quantitative estimate of drug-likeness (QED) is 0.394. The smallest absolute Gasteiger partial charge is 0.123 e. The van der Waals surface area contributed by atoms with Crippen molar-refractivity contribution in [3.63, 3.8) is 0 Å². The second-order valence-corrected chi connectivity index (χ2v) is 6.60. The molecule has 0 fully saturated rings. The number of aryl methyl sites for hydroxylation is 1. The molecular weight excluding hydrogens is 303 g/mol. The summed E-state index contributed by atoms with van der Waals surface area (Å²) in [7, 11) is 0. The van der Waals surface area contributed by atoms with Gasteiger partial charge in [0.05, 0.1) is 0 Å². The lowest BCUT2D eigenvalue weighted by atomic mass is 10.0. The zero-order valence-corrected chi connectivity index (χ0v) is 15.1. The SMILES string of the molecule is OCCCOCCCCCCCCCCCCc1cccc(F)c1. The van der Waals surface area contributed by atoms with Gasteiger partial charge in [-0.15, -0.1) is 0 Å². The van der Waals surface area contributed by atoms with Crippen LogP contribution in [-0.2, 0) is 11.2 Å². The first kappa shape index (κ1) is 21.1. The molecule has 0 aromatic heterocycles. The van der Waals surface area contributed by atoms with E-state index in [9.17, 15) is 4.39 Å². The van der Waals surface area contributed by atoms with E-state index in [1.54, 1.807) is 12.1 Å². The van der Waals surface area contributed by atoms with E-state index in [2.05, 4.69) is 0 Å². The van der Waals surface area contributed by atoms with Crippen molar-refractivity contribution in [3.8, 4) is 0 Å². The molecule has 0 atom stereocenters. The fraction of sp³-hybridized carbons (Fsp3) is 0.714. The minimum Gasteiger partial charge on any atom is -0.396 e. The number of halogens is 1. The van der Waals surface area contributed by atoms with Crippen LogP contribution in [0.5, 0.6) is 0 Å². The molecule has 0 saturated carbocycles. The maximum Gasteiger partial charge on any atom is 0.123 e. The predicted molar refractivity (Wildman–Crippen MR) is 98.8 cm³/mol. The number of ether oxygens (including phenoxy) is 1. The number of aliphatic hydroxyl groups excluding tert-OH is 1. The molecule has 3 heteroatoms. The standard InChI is InChI=1S/C21H35FO2/c22-21-15-11-14-20(19-21)13-9-7-5-3-1-2-4-6-8-10-17-24-18-12-16-23/h11,14-15,19,23H,1-10,12-13,16-18H2. The van der Waals surface area contributed by atoms with Crippen molar-refractivity contribution < 1.29 is 14.2 Å². The molecule has 1 N–H and O–H groups in total. The normalized spacial score (nSPS) is 11.1. The molecule has 0 bridgehead atoms. The molecule has 138 valence electrons. The molecule has 0 saturated heterocycles. The Kier molecular flexibility index (Phi) is 13.7. The summed E-state index contributed by atoms with van der Waals surface area (Å²) in [5.41, 5.74) is 1.12. The number of unbranched alkanes of at least 4 members (excludes halogenated alkanes) is 9. The minimum atomic E-state index is -0.121. The van der Waals surface area contributed by atoms with E-state index in [4.69, 9.17) is 9.84 Å². The first-order chi connectivity index (χ1) is 11.8. The van der Waals surface area contributed by atoms with Crippen LogP contribution < -0.4 is 0 Å². The van der Waals surface area contributed by atoms with Gasteiger partial charge in [0.2, 0.25) is 0 Å². The van der Waals surface area contributed by atoms with Crippen molar-refractivity contribution in [2.75, 3.05) is 19.8 Å². The van der Waals surface area contributed by atoms with Crippen molar-refractivity contribution in [1.82, 2.24) is 0 Å². The summed E-state index contributed by atoms with van der Waals surface area (Å²) in [4.78, 5) is 0. The maximum absolute atomic E-state index is 13.0. The Morgan fingerprint density at radius 3 is 1.96 bits per heavy atom. The second-order valence-electron chi connectivity index (χ2n) is 6.60. The average Bonchev–Trinajstić information content (AvgIpc) is 2.58. The summed E-state index contributed by atoms with van der Waals surface area (Å²) in [6.07, 6.45) is 14.5. The minimum absolute atomic E-state index is 0.121. The van der Waals surface area contributed by atoms with Gasteiger partial charge >= 0.3 is 0 Å². The van der Waals surface area contributed by atoms with Crippen LogP contribution in [0, 0.1) is 5.82 Å². The molecule has 0 unspecified atom stereocenters. The summed E-state index contributed by atoms with van der Waals surface area (Å²) in [6.45, 7) is 1.76. The monoisotopic (exact) mass is 338 g/mol. The van der Waals surface area contributed by atoms with E-state index in [0.717, 1.165) is 31.4 Å². The molecule has 0 amide bonds. The van der Waals surface area contributed by atoms with Crippen molar-refractivity contribution in [2.45, 2.75) is 77.0 Å². The molecule has 24 heavy (non-hydrogen) atoms. The van der Waals surface area contributed by atoms with Crippen LogP contribution in [0.1, 0.15) is 76.2 Å². The molecule has 1 aromatic rings. The topological polar surface area (TPSA) is 29.5 Å². The third kappa shape index (κ3) is 12.5. The predicted octanol–water partition coefficient (Wildman–Crippen LogP) is 5.67. The van der Waals surface area contributed by atoms with E-state index in [1.807, 2.05) is 6.07 Å². The van der Waals surface area contributed by atoms with Gasteiger partial charge in [0.25, 0.3) is 0 Å². The molecular formula is C21H35FO2. The fourth-order valence-electron chi connectivity index (χ4n) is 2.91. The Morgan fingerprint density at radius 2 is 1.33 bits per heavy atom. The highest BCUT2D eigenvalue weighted by Crippen LogP contribution is 2.13. The molecule has 1 rings (SSSR count). The number of benzene rings is 1. The largest absolute Gasteiger partial charge is 0.396 e. The Bertz CT molecular complexity index is 395. The van der Waals surface area contributed by atoms with Gasteiger partial charge in [-0.05, 0) is 43.4 Å². The van der Waals surface area contributed by atoms with Gasteiger partial charge in [-0.2, -0.15) is 0 Å². The van der Waals surface area contributed by atoms with Crippen LogP contribution in [0.15, 0.2) is 24.3 Å². The highest BCUT2D eigenvalue weighted by molar-refractivity contribution is 5.16. The third-order valence-corrected chi connectivity index (χ3v) is 4.34. The summed E-state index contributed by atoms with van der Waals surface area (Å²) < 4.78 is 18.5. The summed E-state index contributed by atoms with van der Waals surface area (Å²) >= 11 is 0. The number of aliphatic hydroxyl groups is 1. The van der Waals surface area contributed by atoms with Gasteiger partial charge in [-0.25, -0.2) is 4.39 Å². The Balaban J connectivity index is 1.76. The van der Waals surface area contributed by atoms with Crippen LogP contribution in [-0.4, -0.2) is 24.9 Å². The van der Waals surface area contributed by atoms with Crippen LogP contribution in [0.2, 0.25) is 0 Å². The van der Waals surface area contributed by atoms with Crippen molar-refractivity contribution in [2.24, 2.45) is 0 Å². The third-order valence-electron chi connectivity index (χ3n) is 4.34. The second kappa shape index (κ2) is 15.6. The number of rotatable bonds is 16. The molecule has 0 radical (unpaired) electrons. The lowest BCUT2D eigenvalue weighted by Gasteiger charge is -2.04. The van der Waals surface area contributed by atoms with Crippen molar-refractivity contribution in [3.05, 3.63) is 35.6 Å². The van der Waals surface area contributed by atoms with Crippen LogP contribution in [0.4, 0.5) is 4.39 Å². The molecule has 0 aliphatic rings. The first-order valence-corrected chi connectivity index (χ1v) is 9.76. The Hall–Kier alpha value is -0.930. The number of hydrogen-bond acceptors (Lipinski definition) is 2. The van der Waals surface area contributed by atoms with Gasteiger partial charge in [-0.1, -0.05) is 63.5 Å². The van der Waals surface area contributed by atoms with E-state index < -0.39 is 0 Å². The highest BCUT2D eigenvalue weighted by Gasteiger charge is 1.97. The van der Waals surface area contributed by atoms with E-state index in [1.165, 1.54) is 63.9 Å². The van der Waals surface area contributed by atoms with Crippen molar-refractivity contribution in [1.29, 1.82) is 0 Å². The zero-order valence-electron chi connectivity index (χ0n) is 15.1. The van der Waals surface area contributed by atoms with Crippen molar-refractivity contribution >= 4 is 0 Å². The maximum atomic E-state index is 13.0. The molecule has 1 aromatic carbocycles. The van der Waals surface area contributed by atoms with Crippen LogP contribution in [0.3, 0.4) is 0 Å². The van der Waals surface area contributed by atoms with Gasteiger partial charge < -0.3 is 9.84 Å². The summed E-state index contributed by atoms with van der Waals surface area (Å²) in [5, 5.41) is 8.63. The van der Waals surface area contributed by atoms with E-state index >= 15 is 0 Å². The Labute approximate surface area is 147 Å². The first-order valence-electron chi connectivity index (χ1n) is 9.76. The lowest BCUT2D eigenvalue weighted by molar-refractivity contribution is 0.112. The van der Waals surface area contributed by atoms with E-state index in [0.29, 0.717) is 6.61 Å². The summed E-state index contributed by atoms with van der Waals surface area (Å²) in [6, 6.07) is 6.97. The van der Waals surface area contributed by atoms with Crippen LogP contribution >= 0.6 is 0 Å². The molecule has 0 spiro atoms. The lowest BCUT2D eigenvalue weighted by Crippen LogP contribution is -1.98. The Morgan fingerprint density at radius 1 is 0.750 bits per heavy atom. The average molecular weight is 339 g/mol. The summed E-state index contributed by atoms with van der Waals surface area (Å²) in [5.74, 6) is -0.121. The van der Waals surface area contributed by atoms with Gasteiger partial charge in [0.1, 0.15) is 5.82 Å². The fourth-order valence-corrected chi connectivity index (χ4v) is 2.91. The number of hydrogen-bond donors (Lipinski definition) is 1. The van der Waals surface area contributed by atoms with Gasteiger partial charge in [0.15, 0.2) is 0 Å². The molecule has 0 aliphatic heterocycles. The van der Waals surface area contributed by atoms with Gasteiger partial charge in [-0.3, -0.25) is 0 Å².